The summed E-state index contributed by atoms with van der Waals surface area (Å²) in [7, 11) is -3.91. The number of hydrogen-bond donors (Lipinski definition) is 2. The Bertz CT molecular complexity index is 1810. The Kier molecular flexibility index (Phi) is 8.31. The second kappa shape index (κ2) is 12.4. The van der Waals surface area contributed by atoms with Gasteiger partial charge < -0.3 is 5.32 Å². The summed E-state index contributed by atoms with van der Waals surface area (Å²) >= 11 is 0. The second-order valence-electron chi connectivity index (χ2n) is 9.16. The number of aromatic nitrogens is 5. The van der Waals surface area contributed by atoms with Gasteiger partial charge in [0.2, 0.25) is 0 Å². The maximum Gasteiger partial charge on any atom is 0.251 e. The number of nitrogens with zero attached hydrogens (tertiary/aromatic N) is 4. The molecule has 41 heavy (non-hydrogen) atoms. The third kappa shape index (κ3) is 7.12. The molecule has 0 aliphatic heterocycles. The Morgan fingerprint density at radius 3 is 2.66 bits per heavy atom. The van der Waals surface area contributed by atoms with Crippen LogP contribution >= 0.6 is 0 Å². The van der Waals surface area contributed by atoms with Gasteiger partial charge in [-0.15, -0.1) is 0 Å². The fraction of sp³-hybridized carbons (Fsp3) is 0.133. The van der Waals surface area contributed by atoms with E-state index in [1.807, 2.05) is 6.07 Å². The van der Waals surface area contributed by atoms with E-state index in [4.69, 9.17) is 0 Å². The van der Waals surface area contributed by atoms with Crippen LogP contribution in [0.4, 0.5) is 4.39 Å². The molecule has 0 spiro atoms. The number of carbonyl (C=O) groups is 1. The number of aryl methyl sites for hydroxylation is 1. The topological polar surface area (TPSA) is 123 Å². The number of H-pyrrole nitrogens is 1. The summed E-state index contributed by atoms with van der Waals surface area (Å²) in [6.07, 6.45) is 9.91. The molecule has 0 unspecified atom stereocenters. The minimum absolute atomic E-state index is 0.0282. The van der Waals surface area contributed by atoms with Crippen molar-refractivity contribution < 1.29 is 17.6 Å². The predicted molar refractivity (Wildman–Crippen MR) is 150 cm³/mol. The predicted octanol–water partition coefficient (Wildman–Crippen LogP) is 3.87. The SMILES string of the molecule is O=C(NCCCc1cn[nH]c1)c1ccc(S(=O)(=O)Cc2ccn(-c3cccnc3)n2)c(C#Cc2ccc(F)cc2)c1. The maximum atomic E-state index is 13.5. The average molecular weight is 569 g/mol. The second-order valence-corrected chi connectivity index (χ2v) is 11.1. The Hall–Kier alpha value is -5.08. The lowest BCUT2D eigenvalue weighted by Crippen LogP contribution is -2.25. The average Bonchev–Trinajstić information content (AvgIpc) is 3.67. The van der Waals surface area contributed by atoms with E-state index in [0.29, 0.717) is 29.9 Å². The molecule has 0 fully saturated rings. The Morgan fingerprint density at radius 2 is 1.90 bits per heavy atom. The van der Waals surface area contributed by atoms with Gasteiger partial charge in [-0.1, -0.05) is 11.8 Å². The van der Waals surface area contributed by atoms with Crippen LogP contribution in [0.5, 0.6) is 0 Å². The van der Waals surface area contributed by atoms with Gasteiger partial charge in [-0.05, 0) is 79.1 Å². The Morgan fingerprint density at radius 1 is 1.05 bits per heavy atom. The minimum Gasteiger partial charge on any atom is -0.352 e. The van der Waals surface area contributed by atoms with Crippen LogP contribution in [0.3, 0.4) is 0 Å². The molecule has 0 atom stereocenters. The van der Waals surface area contributed by atoms with E-state index in [2.05, 4.69) is 37.4 Å². The molecule has 3 heterocycles. The molecule has 1 amide bonds. The third-order valence-electron chi connectivity index (χ3n) is 6.14. The van der Waals surface area contributed by atoms with E-state index in [-0.39, 0.29) is 27.7 Å². The van der Waals surface area contributed by atoms with Gasteiger partial charge in [0, 0.05) is 41.8 Å². The Labute approximate surface area is 236 Å². The van der Waals surface area contributed by atoms with Crippen molar-refractivity contribution in [1.82, 2.24) is 30.3 Å². The van der Waals surface area contributed by atoms with Gasteiger partial charge in [-0.2, -0.15) is 10.2 Å². The molecule has 9 nitrogen and oxygen atoms in total. The number of carbonyl (C=O) groups excluding carboxylic acids is 1. The number of rotatable bonds is 9. The van der Waals surface area contributed by atoms with Crippen LogP contribution < -0.4 is 5.32 Å². The highest BCUT2D eigenvalue weighted by molar-refractivity contribution is 7.90. The van der Waals surface area contributed by atoms with Crippen LogP contribution in [0.25, 0.3) is 5.69 Å². The quantitative estimate of drug-likeness (QED) is 0.206. The van der Waals surface area contributed by atoms with Crippen molar-refractivity contribution in [1.29, 1.82) is 0 Å². The van der Waals surface area contributed by atoms with Crippen LogP contribution in [0.1, 0.15) is 39.2 Å². The lowest BCUT2D eigenvalue weighted by atomic mass is 10.1. The first-order valence-corrected chi connectivity index (χ1v) is 14.4. The summed E-state index contributed by atoms with van der Waals surface area (Å²) in [4.78, 5) is 16.9. The molecule has 2 aromatic carbocycles. The van der Waals surface area contributed by atoms with Crippen LogP contribution in [0, 0.1) is 17.7 Å². The third-order valence-corrected chi connectivity index (χ3v) is 7.84. The first-order valence-electron chi connectivity index (χ1n) is 12.7. The van der Waals surface area contributed by atoms with E-state index < -0.39 is 15.7 Å². The maximum absolute atomic E-state index is 13.5. The zero-order chi connectivity index (χ0) is 28.7. The summed E-state index contributed by atoms with van der Waals surface area (Å²) in [5.74, 6) is 4.63. The summed E-state index contributed by atoms with van der Waals surface area (Å²) in [6.45, 7) is 0.431. The number of pyridine rings is 1. The highest BCUT2D eigenvalue weighted by atomic mass is 32.2. The van der Waals surface area contributed by atoms with E-state index in [1.165, 1.54) is 42.5 Å². The summed E-state index contributed by atoms with van der Waals surface area (Å²) in [5, 5.41) is 13.9. The van der Waals surface area contributed by atoms with Crippen molar-refractivity contribution in [3.05, 3.63) is 125 Å². The van der Waals surface area contributed by atoms with Crippen LogP contribution in [0.15, 0.2) is 96.5 Å². The number of benzene rings is 2. The van der Waals surface area contributed by atoms with Crippen molar-refractivity contribution in [2.24, 2.45) is 0 Å². The van der Waals surface area contributed by atoms with Crippen LogP contribution in [-0.4, -0.2) is 45.8 Å². The Balaban J connectivity index is 1.39. The molecule has 2 N–H and O–H groups in total. The summed E-state index contributed by atoms with van der Waals surface area (Å²) in [5.41, 5.74) is 3.01. The van der Waals surface area contributed by atoms with Crippen molar-refractivity contribution in [2.75, 3.05) is 6.54 Å². The summed E-state index contributed by atoms with van der Waals surface area (Å²) < 4.78 is 42.0. The van der Waals surface area contributed by atoms with Gasteiger partial charge in [-0.25, -0.2) is 17.5 Å². The molecule has 0 radical (unpaired) electrons. The number of nitrogens with one attached hydrogen (secondary N) is 2. The van der Waals surface area contributed by atoms with Crippen molar-refractivity contribution in [3.63, 3.8) is 0 Å². The molecule has 0 bridgehead atoms. The smallest absolute Gasteiger partial charge is 0.251 e. The number of hydrogen-bond acceptors (Lipinski definition) is 6. The van der Waals surface area contributed by atoms with Gasteiger partial charge in [0.15, 0.2) is 9.84 Å². The highest BCUT2D eigenvalue weighted by Crippen LogP contribution is 2.22. The molecule has 0 saturated carbocycles. The molecule has 0 saturated heterocycles. The number of sulfone groups is 1. The molecule has 0 aliphatic rings. The fourth-order valence-electron chi connectivity index (χ4n) is 4.07. The zero-order valence-electron chi connectivity index (χ0n) is 21.8. The van der Waals surface area contributed by atoms with Gasteiger partial charge in [0.05, 0.1) is 34.4 Å². The van der Waals surface area contributed by atoms with Crippen LogP contribution in [-0.2, 0) is 22.0 Å². The van der Waals surface area contributed by atoms with Crippen molar-refractivity contribution >= 4 is 15.7 Å². The van der Waals surface area contributed by atoms with Crippen molar-refractivity contribution in [3.8, 4) is 17.5 Å². The highest BCUT2D eigenvalue weighted by Gasteiger charge is 2.22. The molecule has 5 aromatic rings. The molecular formula is C30H25FN6O3S. The molecule has 206 valence electrons. The van der Waals surface area contributed by atoms with E-state index in [9.17, 15) is 17.6 Å². The number of amides is 1. The van der Waals surface area contributed by atoms with Gasteiger partial charge in [0.25, 0.3) is 5.91 Å². The van der Waals surface area contributed by atoms with Crippen LogP contribution in [0.2, 0.25) is 0 Å². The van der Waals surface area contributed by atoms with Crippen molar-refractivity contribution in [2.45, 2.75) is 23.5 Å². The van der Waals surface area contributed by atoms with Gasteiger partial charge in [-0.3, -0.25) is 14.9 Å². The normalized spacial score (nSPS) is 11.0. The van der Waals surface area contributed by atoms with E-state index in [0.717, 1.165) is 12.0 Å². The largest absolute Gasteiger partial charge is 0.352 e. The fourth-order valence-corrected chi connectivity index (χ4v) is 5.49. The monoisotopic (exact) mass is 568 g/mol. The molecule has 3 aromatic heterocycles. The van der Waals surface area contributed by atoms with E-state index in [1.54, 1.807) is 47.8 Å². The number of aromatic amines is 1. The summed E-state index contributed by atoms with van der Waals surface area (Å²) in [6, 6.07) is 15.1. The van der Waals surface area contributed by atoms with Gasteiger partial charge in [0.1, 0.15) is 5.82 Å². The standard InChI is InChI=1S/C30H25FN6O3S/c31-26-10-6-22(7-11-26)5-8-24-17-25(30(38)33-15-1-3-23-18-34-35-19-23)9-12-29(24)41(39,40)21-27-13-16-37(36-27)28-4-2-14-32-20-28/h2,4,6-7,9-14,16-20H,1,3,15,21H2,(H,33,38)(H,34,35). The molecule has 0 aliphatic carbocycles. The lowest BCUT2D eigenvalue weighted by Gasteiger charge is -2.09. The number of halogens is 1. The molecule has 5 rings (SSSR count). The lowest BCUT2D eigenvalue weighted by molar-refractivity contribution is 0.0953. The molecule has 11 heteroatoms. The first kappa shape index (κ1) is 27.5. The van der Waals surface area contributed by atoms with Gasteiger partial charge >= 0.3 is 0 Å². The first-order chi connectivity index (χ1) is 19.9. The zero-order valence-corrected chi connectivity index (χ0v) is 22.6. The molecular weight excluding hydrogens is 543 g/mol. The van der Waals surface area contributed by atoms with E-state index >= 15 is 0 Å². The minimum atomic E-state index is -3.91.